The third kappa shape index (κ3) is 5.48. The van der Waals surface area contributed by atoms with Crippen LogP contribution in [-0.2, 0) is 10.8 Å². The lowest BCUT2D eigenvalue weighted by molar-refractivity contribution is 0.446. The summed E-state index contributed by atoms with van der Waals surface area (Å²) in [7, 11) is 0. The fraction of sp³-hybridized carbons (Fsp3) is 0.209. The van der Waals surface area contributed by atoms with Gasteiger partial charge in [0.1, 0.15) is 11.6 Å². The van der Waals surface area contributed by atoms with E-state index in [1.54, 1.807) is 0 Å². The summed E-state index contributed by atoms with van der Waals surface area (Å²) >= 11 is 0. The Morgan fingerprint density at radius 3 is 2.15 bits per heavy atom. The number of phenolic OH excluding ortho intramolecular Hbond substituents is 1. The van der Waals surface area contributed by atoms with Crippen molar-refractivity contribution >= 4 is 21.8 Å². The van der Waals surface area contributed by atoms with Crippen molar-refractivity contribution in [3.8, 4) is 45.2 Å². The van der Waals surface area contributed by atoms with E-state index in [0.29, 0.717) is 0 Å². The van der Waals surface area contributed by atoms with Crippen molar-refractivity contribution in [1.82, 2.24) is 14.5 Å². The standard InChI is InChI=1S/C43H41N3O/c1-27-21-22-44-36(23-27)30-16-10-15-29(24-30)33-18-12-20-38-39(33)45-41(46(38)37-19-11-14-28-13-8-9-17-32(28)37)34-25-31(42(2,3)4)26-35(40(34)47)43(5,6)7/h8-26,47H,1-7H3. The van der Waals surface area contributed by atoms with Crippen LogP contribution in [0.1, 0.15) is 58.2 Å². The number of hydrogen-bond donors (Lipinski definition) is 1. The number of phenols is 1. The van der Waals surface area contributed by atoms with Crippen LogP contribution < -0.4 is 0 Å². The Morgan fingerprint density at radius 1 is 0.660 bits per heavy atom. The van der Waals surface area contributed by atoms with Gasteiger partial charge in [-0.1, -0.05) is 114 Å². The lowest BCUT2D eigenvalue weighted by Crippen LogP contribution is -2.17. The highest BCUT2D eigenvalue weighted by atomic mass is 16.3. The van der Waals surface area contributed by atoms with Gasteiger partial charge in [0.2, 0.25) is 0 Å². The van der Waals surface area contributed by atoms with Gasteiger partial charge in [0.15, 0.2) is 0 Å². The molecule has 2 aromatic heterocycles. The number of para-hydroxylation sites is 1. The van der Waals surface area contributed by atoms with Crippen molar-refractivity contribution in [2.75, 3.05) is 0 Å². The number of hydrogen-bond acceptors (Lipinski definition) is 3. The van der Waals surface area contributed by atoms with E-state index < -0.39 is 0 Å². The van der Waals surface area contributed by atoms with Crippen LogP contribution in [0.5, 0.6) is 5.75 Å². The molecule has 0 fully saturated rings. The zero-order chi connectivity index (χ0) is 33.1. The molecule has 0 bridgehead atoms. The maximum atomic E-state index is 12.1. The van der Waals surface area contributed by atoms with Gasteiger partial charge in [-0.3, -0.25) is 9.55 Å². The Hall–Kier alpha value is -5.22. The van der Waals surface area contributed by atoms with Crippen LogP contribution in [0.2, 0.25) is 0 Å². The molecule has 234 valence electrons. The second-order valence-corrected chi connectivity index (χ2v) is 14.7. The molecule has 0 atom stereocenters. The number of aromatic nitrogens is 3. The largest absolute Gasteiger partial charge is 0.507 e. The molecule has 0 saturated carbocycles. The van der Waals surface area contributed by atoms with Gasteiger partial charge in [-0.2, -0.15) is 0 Å². The van der Waals surface area contributed by atoms with E-state index in [1.165, 1.54) is 5.56 Å². The van der Waals surface area contributed by atoms with Crippen LogP contribution in [-0.4, -0.2) is 19.6 Å². The van der Waals surface area contributed by atoms with Crippen LogP contribution in [0, 0.1) is 6.92 Å². The van der Waals surface area contributed by atoms with Gasteiger partial charge in [0, 0.05) is 28.3 Å². The molecule has 0 unspecified atom stereocenters. The lowest BCUT2D eigenvalue weighted by Gasteiger charge is -2.27. The predicted molar refractivity (Wildman–Crippen MR) is 196 cm³/mol. The monoisotopic (exact) mass is 615 g/mol. The molecule has 5 aromatic carbocycles. The van der Waals surface area contributed by atoms with E-state index in [0.717, 1.165) is 72.4 Å². The molecule has 47 heavy (non-hydrogen) atoms. The van der Waals surface area contributed by atoms with E-state index in [4.69, 9.17) is 4.98 Å². The average Bonchev–Trinajstić information content (AvgIpc) is 3.43. The highest BCUT2D eigenvalue weighted by Crippen LogP contribution is 2.45. The first kappa shape index (κ1) is 30.4. The lowest BCUT2D eigenvalue weighted by atomic mass is 9.79. The molecule has 7 aromatic rings. The van der Waals surface area contributed by atoms with E-state index in [2.05, 4.69) is 161 Å². The number of fused-ring (bicyclic) bond motifs is 2. The van der Waals surface area contributed by atoms with Gasteiger partial charge >= 0.3 is 0 Å². The van der Waals surface area contributed by atoms with Crippen molar-refractivity contribution in [2.45, 2.75) is 59.3 Å². The Bertz CT molecular complexity index is 2290. The average molecular weight is 616 g/mol. The Morgan fingerprint density at radius 2 is 1.38 bits per heavy atom. The molecule has 0 spiro atoms. The minimum Gasteiger partial charge on any atom is -0.507 e. The molecule has 2 heterocycles. The van der Waals surface area contributed by atoms with Crippen LogP contribution in [0.15, 0.2) is 115 Å². The second-order valence-electron chi connectivity index (χ2n) is 14.7. The van der Waals surface area contributed by atoms with Crippen LogP contribution in [0.3, 0.4) is 0 Å². The van der Waals surface area contributed by atoms with Gasteiger partial charge < -0.3 is 5.11 Å². The number of aryl methyl sites for hydroxylation is 1. The first-order valence-corrected chi connectivity index (χ1v) is 16.3. The highest BCUT2D eigenvalue weighted by Gasteiger charge is 2.28. The summed E-state index contributed by atoms with van der Waals surface area (Å²) in [5, 5.41) is 14.4. The third-order valence-electron chi connectivity index (χ3n) is 9.10. The normalized spacial score (nSPS) is 12.2. The van der Waals surface area contributed by atoms with Crippen molar-refractivity contribution in [3.63, 3.8) is 0 Å². The van der Waals surface area contributed by atoms with Crippen molar-refractivity contribution in [3.05, 3.63) is 132 Å². The van der Waals surface area contributed by atoms with Gasteiger partial charge in [-0.05, 0) is 76.2 Å². The predicted octanol–water partition coefficient (Wildman–Crippen LogP) is 11.2. The summed E-state index contributed by atoms with van der Waals surface area (Å²) in [4.78, 5) is 10.1. The van der Waals surface area contributed by atoms with Crippen LogP contribution >= 0.6 is 0 Å². The van der Waals surface area contributed by atoms with Gasteiger partial charge in [-0.15, -0.1) is 0 Å². The number of pyridine rings is 1. The number of benzene rings is 5. The first-order chi connectivity index (χ1) is 22.4. The fourth-order valence-corrected chi connectivity index (χ4v) is 6.51. The molecule has 0 aliphatic carbocycles. The van der Waals surface area contributed by atoms with E-state index in [1.807, 2.05) is 12.3 Å². The van der Waals surface area contributed by atoms with Crippen molar-refractivity contribution in [1.29, 1.82) is 0 Å². The summed E-state index contributed by atoms with van der Waals surface area (Å²) in [5.41, 5.74) is 10.5. The van der Waals surface area contributed by atoms with Crippen molar-refractivity contribution < 1.29 is 5.11 Å². The molecule has 0 aliphatic heterocycles. The molecule has 1 N–H and O–H groups in total. The van der Waals surface area contributed by atoms with Crippen molar-refractivity contribution in [2.24, 2.45) is 0 Å². The SMILES string of the molecule is Cc1ccnc(-c2cccc(-c3cccc4c3nc(-c3cc(C(C)(C)C)cc(C(C)(C)C)c3O)n4-c3cccc4ccccc34)c2)c1. The van der Waals surface area contributed by atoms with Gasteiger partial charge in [0.05, 0.1) is 28.0 Å². The molecule has 4 nitrogen and oxygen atoms in total. The fourth-order valence-electron chi connectivity index (χ4n) is 6.51. The summed E-state index contributed by atoms with van der Waals surface area (Å²) in [6.45, 7) is 15.2. The minimum absolute atomic E-state index is 0.131. The summed E-state index contributed by atoms with van der Waals surface area (Å²) in [5.74, 6) is 0.991. The number of imidazole rings is 1. The van der Waals surface area contributed by atoms with E-state index in [-0.39, 0.29) is 16.6 Å². The molecular weight excluding hydrogens is 574 g/mol. The van der Waals surface area contributed by atoms with Gasteiger partial charge in [0.25, 0.3) is 0 Å². The Labute approximate surface area is 277 Å². The quantitative estimate of drug-likeness (QED) is 0.214. The maximum Gasteiger partial charge on any atom is 0.149 e. The first-order valence-electron chi connectivity index (χ1n) is 16.3. The summed E-state index contributed by atoms with van der Waals surface area (Å²) in [6, 6.07) is 38.2. The topological polar surface area (TPSA) is 50.9 Å². The third-order valence-corrected chi connectivity index (χ3v) is 9.10. The number of aromatic hydroxyl groups is 1. The summed E-state index contributed by atoms with van der Waals surface area (Å²) in [6.07, 6.45) is 1.86. The number of nitrogens with zero attached hydrogens (tertiary/aromatic N) is 3. The molecule has 0 saturated heterocycles. The maximum absolute atomic E-state index is 12.1. The smallest absolute Gasteiger partial charge is 0.149 e. The van der Waals surface area contributed by atoms with Crippen LogP contribution in [0.25, 0.3) is 61.3 Å². The molecule has 4 heteroatoms. The minimum atomic E-state index is -0.272. The highest BCUT2D eigenvalue weighted by molar-refractivity contribution is 5.99. The van der Waals surface area contributed by atoms with Crippen LogP contribution in [0.4, 0.5) is 0 Å². The second kappa shape index (κ2) is 11.2. The van der Waals surface area contributed by atoms with E-state index in [9.17, 15) is 5.11 Å². The molecule has 0 radical (unpaired) electrons. The zero-order valence-electron chi connectivity index (χ0n) is 28.3. The molecular formula is C43H41N3O. The van der Waals surface area contributed by atoms with Gasteiger partial charge in [-0.25, -0.2) is 4.98 Å². The molecule has 0 aliphatic rings. The number of rotatable bonds is 4. The molecule has 0 amide bonds. The van der Waals surface area contributed by atoms with E-state index >= 15 is 0 Å². The Kier molecular flexibility index (Phi) is 7.28. The Balaban J connectivity index is 1.57. The molecule has 7 rings (SSSR count). The summed E-state index contributed by atoms with van der Waals surface area (Å²) < 4.78 is 2.24. The zero-order valence-corrected chi connectivity index (χ0v) is 28.3.